The number of H-pyrrole nitrogens is 1. The molecular weight excluding hydrogens is 232 g/mol. The van der Waals surface area contributed by atoms with E-state index in [1.807, 2.05) is 13.1 Å². The predicted octanol–water partition coefficient (Wildman–Crippen LogP) is 1.38. The Balaban J connectivity index is 1.73. The molecule has 2 N–H and O–H groups in total. The molecule has 96 valence electrons. The molecule has 1 amide bonds. The highest BCUT2D eigenvalue weighted by atomic mass is 16.5. The topological polar surface area (TPSA) is 83.8 Å². The normalized spacial score (nSPS) is 10.6. The van der Waals surface area contributed by atoms with E-state index in [0.717, 1.165) is 18.5 Å². The van der Waals surface area contributed by atoms with Gasteiger partial charge in [0.2, 0.25) is 5.76 Å². The summed E-state index contributed by atoms with van der Waals surface area (Å²) in [4.78, 5) is 11.6. The Kier molecular flexibility index (Phi) is 3.76. The summed E-state index contributed by atoms with van der Waals surface area (Å²) in [5.74, 6) is 0.0338. The van der Waals surface area contributed by atoms with E-state index < -0.39 is 0 Å². The number of nitrogens with one attached hydrogen (secondary N) is 2. The third kappa shape index (κ3) is 2.97. The Bertz CT molecular complexity index is 530. The first-order valence-electron chi connectivity index (χ1n) is 5.87. The second-order valence-corrected chi connectivity index (χ2v) is 4.21. The SMILES string of the molecule is Cc1cc(C(=O)NCCCc2cn[nH]c2C)on1. The van der Waals surface area contributed by atoms with Gasteiger partial charge in [-0.3, -0.25) is 9.89 Å². The summed E-state index contributed by atoms with van der Waals surface area (Å²) in [5.41, 5.74) is 2.96. The molecule has 2 heterocycles. The lowest BCUT2D eigenvalue weighted by Crippen LogP contribution is -2.24. The van der Waals surface area contributed by atoms with E-state index in [4.69, 9.17) is 4.52 Å². The lowest BCUT2D eigenvalue weighted by Gasteiger charge is -2.02. The van der Waals surface area contributed by atoms with Crippen LogP contribution < -0.4 is 5.32 Å². The van der Waals surface area contributed by atoms with E-state index in [9.17, 15) is 4.79 Å². The molecule has 0 aromatic carbocycles. The lowest BCUT2D eigenvalue weighted by molar-refractivity contribution is 0.0916. The van der Waals surface area contributed by atoms with Crippen molar-refractivity contribution in [1.29, 1.82) is 0 Å². The van der Waals surface area contributed by atoms with Gasteiger partial charge >= 0.3 is 0 Å². The molecule has 0 aliphatic heterocycles. The van der Waals surface area contributed by atoms with Crippen LogP contribution in [0.25, 0.3) is 0 Å². The zero-order chi connectivity index (χ0) is 13.0. The van der Waals surface area contributed by atoms with Crippen LogP contribution in [0.15, 0.2) is 16.8 Å². The summed E-state index contributed by atoms with van der Waals surface area (Å²) < 4.78 is 4.87. The van der Waals surface area contributed by atoms with Gasteiger partial charge in [-0.05, 0) is 32.3 Å². The Hall–Kier alpha value is -2.11. The molecule has 0 saturated carbocycles. The monoisotopic (exact) mass is 248 g/mol. The number of rotatable bonds is 5. The molecule has 2 aromatic heterocycles. The van der Waals surface area contributed by atoms with Crippen LogP contribution in [0, 0.1) is 13.8 Å². The van der Waals surface area contributed by atoms with Crippen LogP contribution in [-0.2, 0) is 6.42 Å². The van der Waals surface area contributed by atoms with E-state index in [1.165, 1.54) is 5.56 Å². The van der Waals surface area contributed by atoms with Crippen molar-refractivity contribution in [2.75, 3.05) is 6.54 Å². The van der Waals surface area contributed by atoms with E-state index in [2.05, 4.69) is 20.7 Å². The van der Waals surface area contributed by atoms with Gasteiger partial charge in [-0.15, -0.1) is 0 Å². The summed E-state index contributed by atoms with van der Waals surface area (Å²) >= 11 is 0. The Labute approximate surface area is 105 Å². The highest BCUT2D eigenvalue weighted by Crippen LogP contribution is 2.05. The fourth-order valence-electron chi connectivity index (χ4n) is 1.67. The first-order valence-corrected chi connectivity index (χ1v) is 5.87. The molecule has 0 fully saturated rings. The summed E-state index contributed by atoms with van der Waals surface area (Å²) in [6, 6.07) is 1.62. The molecule has 2 aromatic rings. The molecule has 18 heavy (non-hydrogen) atoms. The van der Waals surface area contributed by atoms with Gasteiger partial charge in [0.15, 0.2) is 0 Å². The smallest absolute Gasteiger partial charge is 0.289 e. The average Bonchev–Trinajstić information content (AvgIpc) is 2.94. The standard InChI is InChI=1S/C12H16N4O2/c1-8-6-11(18-16-8)12(17)13-5-3-4-10-7-14-15-9(10)2/h6-7H,3-5H2,1-2H3,(H,13,17)(H,14,15). The van der Waals surface area contributed by atoms with Crippen LogP contribution in [0.2, 0.25) is 0 Å². The molecule has 0 aliphatic carbocycles. The molecule has 6 heteroatoms. The number of hydrogen-bond acceptors (Lipinski definition) is 4. The number of carbonyl (C=O) groups is 1. The van der Waals surface area contributed by atoms with E-state index in [1.54, 1.807) is 13.0 Å². The third-order valence-corrected chi connectivity index (χ3v) is 2.69. The number of aromatic amines is 1. The van der Waals surface area contributed by atoms with Crippen LogP contribution >= 0.6 is 0 Å². The van der Waals surface area contributed by atoms with Crippen LogP contribution in [0.4, 0.5) is 0 Å². The van der Waals surface area contributed by atoms with E-state index in [-0.39, 0.29) is 11.7 Å². The molecule has 0 saturated heterocycles. The minimum atomic E-state index is -0.223. The van der Waals surface area contributed by atoms with Gasteiger partial charge in [-0.2, -0.15) is 5.10 Å². The van der Waals surface area contributed by atoms with Crippen molar-refractivity contribution in [3.63, 3.8) is 0 Å². The van der Waals surface area contributed by atoms with E-state index >= 15 is 0 Å². The number of aryl methyl sites for hydroxylation is 3. The average molecular weight is 248 g/mol. The predicted molar refractivity (Wildman–Crippen MR) is 65.2 cm³/mol. The van der Waals surface area contributed by atoms with Crippen LogP contribution in [0.3, 0.4) is 0 Å². The zero-order valence-electron chi connectivity index (χ0n) is 10.5. The highest BCUT2D eigenvalue weighted by molar-refractivity contribution is 5.91. The van der Waals surface area contributed by atoms with Crippen LogP contribution in [-0.4, -0.2) is 27.8 Å². The number of nitrogens with zero attached hydrogens (tertiary/aromatic N) is 2. The maximum absolute atomic E-state index is 11.6. The van der Waals surface area contributed by atoms with Crippen molar-refractivity contribution in [3.05, 3.63) is 35.0 Å². The molecule has 6 nitrogen and oxygen atoms in total. The van der Waals surface area contributed by atoms with E-state index in [0.29, 0.717) is 12.2 Å². The van der Waals surface area contributed by atoms with Crippen LogP contribution in [0.5, 0.6) is 0 Å². The van der Waals surface area contributed by atoms with Crippen LogP contribution in [0.1, 0.15) is 33.9 Å². The molecule has 0 spiro atoms. The van der Waals surface area contributed by atoms with Gasteiger partial charge in [0, 0.05) is 18.3 Å². The minimum absolute atomic E-state index is 0.223. The summed E-state index contributed by atoms with van der Waals surface area (Å²) in [6.45, 7) is 4.36. The number of carbonyl (C=O) groups excluding carboxylic acids is 1. The Morgan fingerprint density at radius 2 is 2.33 bits per heavy atom. The summed E-state index contributed by atoms with van der Waals surface area (Å²) in [7, 11) is 0. The quantitative estimate of drug-likeness (QED) is 0.783. The van der Waals surface area contributed by atoms with Gasteiger partial charge in [-0.25, -0.2) is 0 Å². The van der Waals surface area contributed by atoms with Gasteiger partial charge in [0.25, 0.3) is 5.91 Å². The molecule has 0 aliphatic rings. The Morgan fingerprint density at radius 1 is 1.50 bits per heavy atom. The van der Waals surface area contributed by atoms with Crippen molar-refractivity contribution < 1.29 is 9.32 Å². The van der Waals surface area contributed by atoms with Gasteiger partial charge in [0.1, 0.15) is 0 Å². The molecule has 0 radical (unpaired) electrons. The lowest BCUT2D eigenvalue weighted by atomic mass is 10.1. The van der Waals surface area contributed by atoms with Crippen molar-refractivity contribution >= 4 is 5.91 Å². The summed E-state index contributed by atoms with van der Waals surface area (Å²) in [6.07, 6.45) is 3.56. The van der Waals surface area contributed by atoms with Crippen molar-refractivity contribution in [3.8, 4) is 0 Å². The van der Waals surface area contributed by atoms with Gasteiger partial charge < -0.3 is 9.84 Å². The van der Waals surface area contributed by atoms with Crippen molar-refractivity contribution in [1.82, 2.24) is 20.7 Å². The van der Waals surface area contributed by atoms with Gasteiger partial charge in [0.05, 0.1) is 11.9 Å². The maximum Gasteiger partial charge on any atom is 0.289 e. The highest BCUT2D eigenvalue weighted by Gasteiger charge is 2.10. The first kappa shape index (κ1) is 12.3. The number of aromatic nitrogens is 3. The second kappa shape index (κ2) is 5.48. The third-order valence-electron chi connectivity index (χ3n) is 2.69. The number of amides is 1. The summed E-state index contributed by atoms with van der Waals surface area (Å²) in [5, 5.41) is 13.3. The number of hydrogen-bond donors (Lipinski definition) is 2. The molecular formula is C12H16N4O2. The largest absolute Gasteiger partial charge is 0.351 e. The Morgan fingerprint density at radius 3 is 2.94 bits per heavy atom. The minimum Gasteiger partial charge on any atom is -0.351 e. The maximum atomic E-state index is 11.6. The van der Waals surface area contributed by atoms with Gasteiger partial charge in [-0.1, -0.05) is 5.16 Å². The molecule has 0 unspecified atom stereocenters. The second-order valence-electron chi connectivity index (χ2n) is 4.21. The first-order chi connectivity index (χ1) is 8.66. The zero-order valence-corrected chi connectivity index (χ0v) is 10.5. The molecule has 0 bridgehead atoms. The van der Waals surface area contributed by atoms with Crippen molar-refractivity contribution in [2.24, 2.45) is 0 Å². The fourth-order valence-corrected chi connectivity index (χ4v) is 1.67. The van der Waals surface area contributed by atoms with Crippen molar-refractivity contribution in [2.45, 2.75) is 26.7 Å². The fraction of sp³-hybridized carbons (Fsp3) is 0.417. The molecule has 0 atom stereocenters. The molecule has 2 rings (SSSR count).